The second kappa shape index (κ2) is 9.60. The van der Waals surface area contributed by atoms with E-state index >= 15 is 0 Å². The molecule has 0 aliphatic heterocycles. The van der Waals surface area contributed by atoms with E-state index in [2.05, 4.69) is 15.7 Å². The average Bonchev–Trinajstić information content (AvgIpc) is 3.37. The van der Waals surface area contributed by atoms with Gasteiger partial charge in [-0.1, -0.05) is 31.0 Å². The Labute approximate surface area is 164 Å². The zero-order chi connectivity index (χ0) is 19.1. The van der Waals surface area contributed by atoms with Crippen LogP contribution in [0.5, 0.6) is 0 Å². The molecule has 1 aliphatic carbocycles. The molecule has 1 fully saturated rings. The Morgan fingerprint density at radius 2 is 1.96 bits per heavy atom. The van der Waals surface area contributed by atoms with E-state index in [1.807, 2.05) is 35.2 Å². The minimum atomic E-state index is -0.586. The molecular weight excluding hydrogens is 360 g/mol. The molecule has 0 bridgehead atoms. The lowest BCUT2D eigenvalue weighted by molar-refractivity contribution is -0.118. The molecule has 1 aromatic heterocycles. The molecule has 7 heteroatoms. The summed E-state index contributed by atoms with van der Waals surface area (Å²) in [6.07, 6.45) is 8.85. The SMILES string of the molecule is CSCC[C@H](NC(=O)c1ccccc1)C(=O)Nc1ccnn1C1CCCC1. The van der Waals surface area contributed by atoms with Crippen LogP contribution in [0.1, 0.15) is 48.5 Å². The second-order valence-electron chi connectivity index (χ2n) is 6.76. The van der Waals surface area contributed by atoms with Crippen LogP contribution in [0.25, 0.3) is 0 Å². The molecule has 1 heterocycles. The summed E-state index contributed by atoms with van der Waals surface area (Å²) in [5.41, 5.74) is 0.551. The molecule has 3 rings (SSSR count). The fourth-order valence-electron chi connectivity index (χ4n) is 3.40. The average molecular weight is 387 g/mol. The standard InChI is InChI=1S/C20H26N4O2S/c1-27-14-12-17(22-19(25)15-7-3-2-4-8-15)20(26)23-18-11-13-21-24(18)16-9-5-6-10-16/h2-4,7-8,11,13,16-17H,5-6,9-10,12,14H2,1H3,(H,22,25)(H,23,26)/t17-/m0/s1. The van der Waals surface area contributed by atoms with Gasteiger partial charge in [0.1, 0.15) is 11.9 Å². The van der Waals surface area contributed by atoms with E-state index in [4.69, 9.17) is 0 Å². The minimum absolute atomic E-state index is 0.201. The highest BCUT2D eigenvalue weighted by molar-refractivity contribution is 7.98. The van der Waals surface area contributed by atoms with E-state index in [1.54, 1.807) is 30.1 Å². The van der Waals surface area contributed by atoms with Gasteiger partial charge < -0.3 is 10.6 Å². The number of aromatic nitrogens is 2. The van der Waals surface area contributed by atoms with Crippen LogP contribution in [0.15, 0.2) is 42.6 Å². The molecule has 1 aromatic carbocycles. The summed E-state index contributed by atoms with van der Waals surface area (Å²) in [7, 11) is 0. The van der Waals surface area contributed by atoms with Gasteiger partial charge in [-0.15, -0.1) is 0 Å². The van der Waals surface area contributed by atoms with Crippen molar-refractivity contribution in [2.75, 3.05) is 17.3 Å². The first-order chi connectivity index (χ1) is 13.2. The number of rotatable bonds is 8. The number of amides is 2. The van der Waals surface area contributed by atoms with Crippen LogP contribution >= 0.6 is 11.8 Å². The zero-order valence-electron chi connectivity index (χ0n) is 15.6. The van der Waals surface area contributed by atoms with Gasteiger partial charge in [0, 0.05) is 11.6 Å². The first-order valence-electron chi connectivity index (χ1n) is 9.38. The van der Waals surface area contributed by atoms with Crippen LogP contribution < -0.4 is 10.6 Å². The maximum Gasteiger partial charge on any atom is 0.251 e. The topological polar surface area (TPSA) is 76.0 Å². The molecule has 2 aromatic rings. The molecule has 2 N–H and O–H groups in total. The highest BCUT2D eigenvalue weighted by Gasteiger charge is 2.24. The Morgan fingerprint density at radius 3 is 2.67 bits per heavy atom. The van der Waals surface area contributed by atoms with Crippen LogP contribution in [-0.2, 0) is 4.79 Å². The van der Waals surface area contributed by atoms with Gasteiger partial charge in [-0.25, -0.2) is 4.68 Å². The van der Waals surface area contributed by atoms with Gasteiger partial charge in [-0.2, -0.15) is 16.9 Å². The quantitative estimate of drug-likeness (QED) is 0.728. The third-order valence-electron chi connectivity index (χ3n) is 4.86. The monoisotopic (exact) mass is 386 g/mol. The number of carbonyl (C=O) groups excluding carboxylic acids is 2. The highest BCUT2D eigenvalue weighted by Crippen LogP contribution is 2.31. The zero-order valence-corrected chi connectivity index (χ0v) is 16.4. The predicted molar refractivity (Wildman–Crippen MR) is 109 cm³/mol. The van der Waals surface area contributed by atoms with Crippen molar-refractivity contribution in [1.29, 1.82) is 0 Å². The van der Waals surface area contributed by atoms with E-state index in [0.717, 1.165) is 18.6 Å². The molecule has 144 valence electrons. The Balaban J connectivity index is 1.68. The normalized spacial score (nSPS) is 15.4. The Morgan fingerprint density at radius 1 is 1.22 bits per heavy atom. The van der Waals surface area contributed by atoms with Crippen LogP contribution in [0.2, 0.25) is 0 Å². The maximum atomic E-state index is 12.9. The molecule has 6 nitrogen and oxygen atoms in total. The second-order valence-corrected chi connectivity index (χ2v) is 7.75. The van der Waals surface area contributed by atoms with Gasteiger partial charge in [0.25, 0.3) is 5.91 Å². The molecule has 1 aliphatic rings. The van der Waals surface area contributed by atoms with Crippen molar-refractivity contribution in [2.24, 2.45) is 0 Å². The highest BCUT2D eigenvalue weighted by atomic mass is 32.2. The molecule has 27 heavy (non-hydrogen) atoms. The van der Waals surface area contributed by atoms with E-state index in [0.29, 0.717) is 23.8 Å². The Bertz CT molecular complexity index is 756. The molecule has 1 saturated carbocycles. The summed E-state index contributed by atoms with van der Waals surface area (Å²) in [5.74, 6) is 1.05. The van der Waals surface area contributed by atoms with Gasteiger partial charge >= 0.3 is 0 Å². The van der Waals surface area contributed by atoms with Gasteiger partial charge in [-0.05, 0) is 43.4 Å². The third kappa shape index (κ3) is 5.13. The maximum absolute atomic E-state index is 12.9. The van der Waals surface area contributed by atoms with E-state index in [1.165, 1.54) is 12.8 Å². The smallest absolute Gasteiger partial charge is 0.251 e. The summed E-state index contributed by atoms with van der Waals surface area (Å²) in [6.45, 7) is 0. The van der Waals surface area contributed by atoms with E-state index in [9.17, 15) is 9.59 Å². The van der Waals surface area contributed by atoms with Crippen LogP contribution in [-0.4, -0.2) is 39.6 Å². The third-order valence-corrected chi connectivity index (χ3v) is 5.50. The number of nitrogens with zero attached hydrogens (tertiary/aromatic N) is 2. The number of thioether (sulfide) groups is 1. The summed E-state index contributed by atoms with van der Waals surface area (Å²) < 4.78 is 1.91. The van der Waals surface area contributed by atoms with Crippen molar-refractivity contribution in [3.05, 3.63) is 48.2 Å². The van der Waals surface area contributed by atoms with Gasteiger partial charge in [-0.3, -0.25) is 9.59 Å². The van der Waals surface area contributed by atoms with Crippen molar-refractivity contribution in [1.82, 2.24) is 15.1 Å². The van der Waals surface area contributed by atoms with Crippen molar-refractivity contribution in [3.63, 3.8) is 0 Å². The molecule has 0 radical (unpaired) electrons. The number of benzene rings is 1. The lowest BCUT2D eigenvalue weighted by atomic mass is 10.1. The fraction of sp³-hybridized carbons (Fsp3) is 0.450. The van der Waals surface area contributed by atoms with E-state index < -0.39 is 6.04 Å². The Kier molecular flexibility index (Phi) is 6.92. The Hall–Kier alpha value is -2.28. The molecule has 2 amide bonds. The number of nitrogens with one attached hydrogen (secondary N) is 2. The summed E-state index contributed by atoms with van der Waals surface area (Å²) >= 11 is 1.65. The van der Waals surface area contributed by atoms with Crippen molar-refractivity contribution in [2.45, 2.75) is 44.2 Å². The summed E-state index contributed by atoms with van der Waals surface area (Å²) in [5, 5.41) is 10.2. The van der Waals surface area contributed by atoms with Crippen LogP contribution in [0.4, 0.5) is 5.82 Å². The number of hydrogen-bond donors (Lipinski definition) is 2. The lowest BCUT2D eigenvalue weighted by Gasteiger charge is -2.20. The first kappa shape index (κ1) is 19.5. The predicted octanol–water partition coefficient (Wildman–Crippen LogP) is 3.49. The molecular formula is C20H26N4O2S. The molecule has 0 saturated heterocycles. The largest absolute Gasteiger partial charge is 0.340 e. The molecule has 1 atom stereocenters. The first-order valence-corrected chi connectivity index (χ1v) is 10.8. The molecule has 0 spiro atoms. The van der Waals surface area contributed by atoms with E-state index in [-0.39, 0.29) is 11.8 Å². The van der Waals surface area contributed by atoms with Gasteiger partial charge in [0.2, 0.25) is 5.91 Å². The van der Waals surface area contributed by atoms with Gasteiger partial charge in [0.05, 0.1) is 12.2 Å². The van der Waals surface area contributed by atoms with Crippen molar-refractivity contribution in [3.8, 4) is 0 Å². The number of anilines is 1. The summed E-state index contributed by atoms with van der Waals surface area (Å²) in [4.78, 5) is 25.4. The molecule has 0 unspecified atom stereocenters. The summed E-state index contributed by atoms with van der Waals surface area (Å²) in [6, 6.07) is 10.6. The minimum Gasteiger partial charge on any atom is -0.340 e. The fourth-order valence-corrected chi connectivity index (χ4v) is 3.87. The van der Waals surface area contributed by atoms with Crippen LogP contribution in [0.3, 0.4) is 0 Å². The number of carbonyl (C=O) groups is 2. The van der Waals surface area contributed by atoms with Crippen LogP contribution in [0, 0.1) is 0 Å². The van der Waals surface area contributed by atoms with Gasteiger partial charge in [0.15, 0.2) is 0 Å². The van der Waals surface area contributed by atoms with Crippen molar-refractivity contribution < 1.29 is 9.59 Å². The number of hydrogen-bond acceptors (Lipinski definition) is 4. The van der Waals surface area contributed by atoms with Crippen molar-refractivity contribution >= 4 is 29.4 Å². The lowest BCUT2D eigenvalue weighted by Crippen LogP contribution is -2.44.